The van der Waals surface area contributed by atoms with E-state index < -0.39 is 0 Å². The van der Waals surface area contributed by atoms with Gasteiger partial charge in [0.05, 0.1) is 5.84 Å². The second-order valence-electron chi connectivity index (χ2n) is 2.60. The van der Waals surface area contributed by atoms with Crippen molar-refractivity contribution < 1.29 is 0 Å². The van der Waals surface area contributed by atoms with E-state index in [1.54, 1.807) is 0 Å². The number of allylic oxidation sites excluding steroid dienone is 3. The summed E-state index contributed by atoms with van der Waals surface area (Å²) >= 11 is 0. The molecule has 1 aliphatic rings. The lowest BCUT2D eigenvalue weighted by Crippen LogP contribution is -2.21. The zero-order valence-electron chi connectivity index (χ0n) is 6.09. The molecular formula is C8H12N2. The third-order valence-corrected chi connectivity index (χ3v) is 1.68. The molecule has 0 aromatic rings. The summed E-state index contributed by atoms with van der Waals surface area (Å²) in [5.41, 5.74) is 6.58. The normalized spacial score (nSPS) is 24.1. The summed E-state index contributed by atoms with van der Waals surface area (Å²) in [4.78, 5) is 0. The fraction of sp³-hybridized carbons (Fsp3) is 0.375. The largest absolute Gasteiger partial charge is 0.387 e. The van der Waals surface area contributed by atoms with Gasteiger partial charge in [0, 0.05) is 5.92 Å². The van der Waals surface area contributed by atoms with Crippen molar-refractivity contribution in [2.24, 2.45) is 11.7 Å². The molecule has 2 nitrogen and oxygen atoms in total. The highest BCUT2D eigenvalue weighted by molar-refractivity contribution is 5.81. The average molecular weight is 136 g/mol. The van der Waals surface area contributed by atoms with E-state index in [9.17, 15) is 0 Å². The summed E-state index contributed by atoms with van der Waals surface area (Å²) in [5.74, 6) is 0.406. The van der Waals surface area contributed by atoms with Gasteiger partial charge in [0.15, 0.2) is 0 Å². The number of hydrogen-bond donors (Lipinski definition) is 2. The van der Waals surface area contributed by atoms with Crippen molar-refractivity contribution in [2.75, 3.05) is 0 Å². The predicted molar refractivity (Wildman–Crippen MR) is 42.9 cm³/mol. The van der Waals surface area contributed by atoms with Crippen LogP contribution < -0.4 is 5.73 Å². The lowest BCUT2D eigenvalue weighted by Gasteiger charge is -2.11. The van der Waals surface area contributed by atoms with E-state index >= 15 is 0 Å². The third kappa shape index (κ3) is 1.47. The molecule has 0 saturated heterocycles. The molecule has 1 aliphatic carbocycles. The lowest BCUT2D eigenvalue weighted by atomic mass is 9.97. The monoisotopic (exact) mass is 136 g/mol. The van der Waals surface area contributed by atoms with Gasteiger partial charge in [-0.15, -0.1) is 0 Å². The Hall–Kier alpha value is -1.05. The number of hydrogen-bond acceptors (Lipinski definition) is 1. The van der Waals surface area contributed by atoms with E-state index in [2.05, 4.69) is 6.08 Å². The molecule has 1 unspecified atom stereocenters. The minimum absolute atomic E-state index is 0.142. The van der Waals surface area contributed by atoms with Crippen LogP contribution >= 0.6 is 0 Å². The van der Waals surface area contributed by atoms with E-state index in [1.165, 1.54) is 5.57 Å². The summed E-state index contributed by atoms with van der Waals surface area (Å²) in [6.45, 7) is 2.05. The number of rotatable bonds is 1. The van der Waals surface area contributed by atoms with Crippen molar-refractivity contribution in [2.45, 2.75) is 13.3 Å². The van der Waals surface area contributed by atoms with Crippen molar-refractivity contribution in [3.63, 3.8) is 0 Å². The Morgan fingerprint density at radius 2 is 2.50 bits per heavy atom. The molecule has 0 spiro atoms. The van der Waals surface area contributed by atoms with Gasteiger partial charge in [-0.3, -0.25) is 5.41 Å². The molecular weight excluding hydrogens is 124 g/mol. The van der Waals surface area contributed by atoms with Crippen molar-refractivity contribution in [1.29, 1.82) is 5.41 Å². The van der Waals surface area contributed by atoms with Gasteiger partial charge < -0.3 is 5.73 Å². The number of nitrogens with one attached hydrogen (secondary N) is 1. The van der Waals surface area contributed by atoms with Crippen LogP contribution in [-0.2, 0) is 0 Å². The molecule has 0 bridgehead atoms. The van der Waals surface area contributed by atoms with Crippen LogP contribution in [0.1, 0.15) is 13.3 Å². The Balaban J connectivity index is 2.60. The van der Waals surface area contributed by atoms with E-state index in [4.69, 9.17) is 11.1 Å². The molecule has 2 heteroatoms. The minimum Gasteiger partial charge on any atom is -0.387 e. The van der Waals surface area contributed by atoms with Crippen LogP contribution in [0.4, 0.5) is 0 Å². The molecule has 0 aromatic carbocycles. The summed E-state index contributed by atoms with van der Waals surface area (Å²) in [6.07, 6.45) is 6.98. The topological polar surface area (TPSA) is 49.9 Å². The smallest absolute Gasteiger partial charge is 0.0978 e. The average Bonchev–Trinajstić information content (AvgIpc) is 1.88. The van der Waals surface area contributed by atoms with Gasteiger partial charge in [-0.25, -0.2) is 0 Å². The molecule has 0 aromatic heterocycles. The van der Waals surface area contributed by atoms with Gasteiger partial charge >= 0.3 is 0 Å². The molecule has 1 rings (SSSR count). The van der Waals surface area contributed by atoms with Gasteiger partial charge in [-0.1, -0.05) is 23.8 Å². The Morgan fingerprint density at radius 3 is 2.90 bits per heavy atom. The van der Waals surface area contributed by atoms with Crippen LogP contribution in [0, 0.1) is 11.3 Å². The highest BCUT2D eigenvalue weighted by Crippen LogP contribution is 2.14. The first-order chi connectivity index (χ1) is 4.70. The first kappa shape index (κ1) is 7.06. The zero-order chi connectivity index (χ0) is 7.56. The third-order valence-electron chi connectivity index (χ3n) is 1.68. The molecule has 0 fully saturated rings. The van der Waals surface area contributed by atoms with Gasteiger partial charge in [0.25, 0.3) is 0 Å². The van der Waals surface area contributed by atoms with Crippen LogP contribution in [0.3, 0.4) is 0 Å². The Kier molecular flexibility index (Phi) is 1.90. The predicted octanol–water partition coefficient (Wildman–Crippen LogP) is 1.44. The summed E-state index contributed by atoms with van der Waals surface area (Å²) in [7, 11) is 0. The van der Waals surface area contributed by atoms with Gasteiger partial charge in [0.2, 0.25) is 0 Å². The van der Waals surface area contributed by atoms with Crippen LogP contribution in [0.15, 0.2) is 23.8 Å². The number of amidine groups is 1. The second-order valence-corrected chi connectivity index (χ2v) is 2.60. The van der Waals surface area contributed by atoms with Crippen LogP contribution in [0.2, 0.25) is 0 Å². The maximum Gasteiger partial charge on any atom is 0.0978 e. The Morgan fingerprint density at radius 1 is 1.80 bits per heavy atom. The molecule has 1 atom stereocenters. The molecule has 54 valence electrons. The standard InChI is InChI=1S/C8H12N2/c1-6-2-4-7(5-3-6)8(9)10/h2-4,7H,5H2,1H3,(H3,9,10). The van der Waals surface area contributed by atoms with Gasteiger partial charge in [0.1, 0.15) is 0 Å². The SMILES string of the molecule is CC1=CCC(C(=N)N)C=C1. The molecule has 0 heterocycles. The van der Waals surface area contributed by atoms with Crippen molar-refractivity contribution in [3.05, 3.63) is 23.8 Å². The fourth-order valence-corrected chi connectivity index (χ4v) is 0.958. The summed E-state index contributed by atoms with van der Waals surface area (Å²) in [5, 5.41) is 7.15. The van der Waals surface area contributed by atoms with Crippen LogP contribution in [0.5, 0.6) is 0 Å². The molecule has 0 radical (unpaired) electrons. The van der Waals surface area contributed by atoms with Crippen molar-refractivity contribution >= 4 is 5.84 Å². The maximum atomic E-state index is 7.15. The van der Waals surface area contributed by atoms with Crippen LogP contribution in [0.25, 0.3) is 0 Å². The quantitative estimate of drug-likeness (QED) is 0.416. The van der Waals surface area contributed by atoms with E-state index in [0.29, 0.717) is 0 Å². The van der Waals surface area contributed by atoms with Crippen molar-refractivity contribution in [1.82, 2.24) is 0 Å². The lowest BCUT2D eigenvalue weighted by molar-refractivity contribution is 0.843. The molecule has 0 amide bonds. The number of nitrogens with two attached hydrogens (primary N) is 1. The van der Waals surface area contributed by atoms with Crippen molar-refractivity contribution in [3.8, 4) is 0 Å². The molecule has 0 saturated carbocycles. The van der Waals surface area contributed by atoms with Crippen LogP contribution in [-0.4, -0.2) is 5.84 Å². The first-order valence-corrected chi connectivity index (χ1v) is 3.39. The van der Waals surface area contributed by atoms with E-state index in [-0.39, 0.29) is 11.8 Å². The minimum atomic E-state index is 0.142. The fourth-order valence-electron chi connectivity index (χ4n) is 0.958. The van der Waals surface area contributed by atoms with Gasteiger partial charge in [-0.2, -0.15) is 0 Å². The molecule has 3 N–H and O–H groups in total. The van der Waals surface area contributed by atoms with Gasteiger partial charge in [-0.05, 0) is 13.3 Å². The Labute approximate surface area is 60.9 Å². The Bertz CT molecular complexity index is 201. The first-order valence-electron chi connectivity index (χ1n) is 3.39. The van der Waals surface area contributed by atoms with E-state index in [0.717, 1.165) is 6.42 Å². The summed E-state index contributed by atoms with van der Waals surface area (Å²) < 4.78 is 0. The molecule has 0 aliphatic heterocycles. The maximum absolute atomic E-state index is 7.15. The highest BCUT2D eigenvalue weighted by atomic mass is 14.7. The molecule has 10 heavy (non-hydrogen) atoms. The zero-order valence-corrected chi connectivity index (χ0v) is 6.09. The highest BCUT2D eigenvalue weighted by Gasteiger charge is 2.08. The summed E-state index contributed by atoms with van der Waals surface area (Å²) in [6, 6.07) is 0. The van der Waals surface area contributed by atoms with E-state index in [1.807, 2.05) is 19.1 Å². The second kappa shape index (κ2) is 2.69.